The van der Waals surface area contributed by atoms with Gasteiger partial charge in [-0.25, -0.2) is 55.9 Å². The molecule has 0 heterocycles. The first kappa shape index (κ1) is 43.4. The third-order valence-corrected chi connectivity index (χ3v) is 1.37. The van der Waals surface area contributed by atoms with Gasteiger partial charge in [0, 0.05) is 13.8 Å². The monoisotopic (exact) mass is 590 g/mol. The number of nitriles is 2. The Bertz CT molecular complexity index is 407. The minimum Gasteiger partial charge on any atom is -0.222 e. The Morgan fingerprint density at radius 1 is 0.567 bits per heavy atom. The Labute approximate surface area is 192 Å². The minimum absolute atomic E-state index is 0. The van der Waals surface area contributed by atoms with Gasteiger partial charge in [0.1, 0.15) is 0 Å². The molecular formula is C12H18Cl3N2O12Rh. The predicted octanol–water partition coefficient (Wildman–Crippen LogP) is -10.5. The standard InChI is InChI=1S/C8H12.2C2H3N.3ClHO4.Rh/c1-2-4-6-8-7-5-3-1;2*1-2-3;3*2-1(3,4)5;/h1-4H,5-8H2;2*1H3;3*(H,2,3,4,5);/q;;;;;;+3/p-3. The molecule has 0 saturated carbocycles. The number of hydrogen-bond acceptors (Lipinski definition) is 14. The van der Waals surface area contributed by atoms with E-state index in [0.29, 0.717) is 0 Å². The van der Waals surface area contributed by atoms with E-state index in [-0.39, 0.29) is 19.5 Å². The van der Waals surface area contributed by atoms with Gasteiger partial charge in [-0.1, -0.05) is 24.3 Å². The maximum Gasteiger partial charge on any atom is 3.00 e. The van der Waals surface area contributed by atoms with Crippen LogP contribution >= 0.6 is 0 Å². The fourth-order valence-corrected chi connectivity index (χ4v) is 0.874. The number of rotatable bonds is 0. The molecule has 0 fully saturated rings. The van der Waals surface area contributed by atoms with Crippen LogP contribution in [0.25, 0.3) is 0 Å². The summed E-state index contributed by atoms with van der Waals surface area (Å²) in [5.41, 5.74) is 0. The van der Waals surface area contributed by atoms with Gasteiger partial charge in [0.25, 0.3) is 0 Å². The van der Waals surface area contributed by atoms with Gasteiger partial charge in [-0.3, -0.25) is 0 Å². The summed E-state index contributed by atoms with van der Waals surface area (Å²) in [6.45, 7) is 2.86. The van der Waals surface area contributed by atoms with Gasteiger partial charge in [0.05, 0.1) is 12.1 Å². The van der Waals surface area contributed by atoms with Crippen LogP contribution in [0.15, 0.2) is 24.3 Å². The summed E-state index contributed by atoms with van der Waals surface area (Å²) >= 11 is 0. The zero-order chi connectivity index (χ0) is 24.6. The van der Waals surface area contributed by atoms with Crippen LogP contribution in [0, 0.1) is 53.4 Å². The normalized spacial score (nSPS) is 11.9. The van der Waals surface area contributed by atoms with Crippen LogP contribution in [0.3, 0.4) is 0 Å². The van der Waals surface area contributed by atoms with E-state index in [9.17, 15) is 0 Å². The van der Waals surface area contributed by atoms with Crippen LogP contribution in [0.4, 0.5) is 0 Å². The molecule has 0 aromatic heterocycles. The first-order valence-electron chi connectivity index (χ1n) is 6.62. The molecule has 0 unspecified atom stereocenters. The van der Waals surface area contributed by atoms with Crippen molar-refractivity contribution >= 4 is 0 Å². The summed E-state index contributed by atoms with van der Waals surface area (Å²) in [6, 6.07) is 3.50. The average molecular weight is 592 g/mol. The molecule has 0 atom stereocenters. The van der Waals surface area contributed by atoms with Crippen LogP contribution < -0.4 is 55.9 Å². The third kappa shape index (κ3) is 345. The van der Waals surface area contributed by atoms with Crippen LogP contribution in [0.1, 0.15) is 39.5 Å². The summed E-state index contributed by atoms with van der Waals surface area (Å²) in [5.74, 6) is 0. The molecule has 0 aromatic carbocycles. The van der Waals surface area contributed by atoms with Crippen molar-refractivity contribution < 1.29 is 106 Å². The van der Waals surface area contributed by atoms with Gasteiger partial charge in [-0.2, -0.15) is 10.5 Å². The summed E-state index contributed by atoms with van der Waals surface area (Å²) in [4.78, 5) is 0. The molecule has 0 aromatic rings. The summed E-state index contributed by atoms with van der Waals surface area (Å²) < 4.78 is 102. The van der Waals surface area contributed by atoms with Crippen molar-refractivity contribution in [2.24, 2.45) is 0 Å². The molecular weight excluding hydrogens is 573 g/mol. The van der Waals surface area contributed by atoms with Crippen LogP contribution in [0.5, 0.6) is 0 Å². The van der Waals surface area contributed by atoms with Crippen molar-refractivity contribution in [1.82, 2.24) is 0 Å². The second-order valence-electron chi connectivity index (χ2n) is 3.72. The van der Waals surface area contributed by atoms with Crippen LogP contribution in [-0.2, 0) is 19.5 Å². The number of nitrogens with zero attached hydrogens (tertiary/aromatic N) is 2. The Balaban J connectivity index is -0.0000000595. The molecule has 1 aliphatic rings. The smallest absolute Gasteiger partial charge is 0.222 e. The van der Waals surface area contributed by atoms with Crippen molar-refractivity contribution in [3.8, 4) is 12.1 Å². The second-order valence-corrected chi connectivity index (χ2v) is 5.99. The summed E-state index contributed by atoms with van der Waals surface area (Å²) in [5, 5.41) is 14.6. The van der Waals surface area contributed by atoms with Gasteiger partial charge >= 0.3 is 19.5 Å². The van der Waals surface area contributed by atoms with E-state index in [1.165, 1.54) is 39.5 Å². The largest absolute Gasteiger partial charge is 3.00 e. The van der Waals surface area contributed by atoms with E-state index in [2.05, 4.69) is 24.3 Å². The van der Waals surface area contributed by atoms with Crippen molar-refractivity contribution in [3.05, 3.63) is 24.3 Å². The summed E-state index contributed by atoms with van der Waals surface area (Å²) in [7, 11) is -14.8. The van der Waals surface area contributed by atoms with Crippen molar-refractivity contribution in [2.75, 3.05) is 0 Å². The summed E-state index contributed by atoms with van der Waals surface area (Å²) in [6.07, 6.45) is 14.0. The molecule has 0 aliphatic heterocycles. The second kappa shape index (κ2) is 28.5. The van der Waals surface area contributed by atoms with Crippen molar-refractivity contribution in [3.63, 3.8) is 0 Å². The first-order chi connectivity index (χ1) is 12.8. The SMILES string of the molecule is C1=CCCCCC=C1.CC#N.CC#N.[O-][Cl+3]([O-])([O-])[O-].[O-][Cl+3]([O-])([O-])[O-].[O-][Cl+3]([O-])([O-])[O-].[Rh+3]. The van der Waals surface area contributed by atoms with E-state index in [1.807, 2.05) is 0 Å². The Morgan fingerprint density at radius 2 is 0.700 bits per heavy atom. The van der Waals surface area contributed by atoms with E-state index in [1.54, 1.807) is 12.1 Å². The molecule has 178 valence electrons. The van der Waals surface area contributed by atoms with Crippen molar-refractivity contribution in [2.45, 2.75) is 39.5 Å². The maximum absolute atomic E-state index is 8.49. The molecule has 0 bridgehead atoms. The van der Waals surface area contributed by atoms with E-state index in [0.717, 1.165) is 0 Å². The molecule has 0 saturated heterocycles. The number of halogens is 3. The Kier molecular flexibility index (Phi) is 41.2. The third-order valence-electron chi connectivity index (χ3n) is 1.37. The molecule has 14 nitrogen and oxygen atoms in total. The number of hydrogen-bond donors (Lipinski definition) is 0. The van der Waals surface area contributed by atoms with Gasteiger partial charge in [-0.05, 0) is 25.7 Å². The van der Waals surface area contributed by atoms with E-state index in [4.69, 9.17) is 66.4 Å². The molecule has 18 heteroatoms. The molecule has 0 N–H and O–H groups in total. The fraction of sp³-hybridized carbons (Fsp3) is 0.500. The molecule has 1 aliphatic carbocycles. The molecule has 30 heavy (non-hydrogen) atoms. The Hall–Kier alpha value is -0.527. The van der Waals surface area contributed by atoms with Gasteiger partial charge in [0.2, 0.25) is 0 Å². The minimum atomic E-state index is -4.94. The van der Waals surface area contributed by atoms with Crippen LogP contribution in [0.2, 0.25) is 0 Å². The fourth-order valence-electron chi connectivity index (χ4n) is 0.874. The first-order valence-corrected chi connectivity index (χ1v) is 10.3. The van der Waals surface area contributed by atoms with Gasteiger partial charge in [0.15, 0.2) is 0 Å². The quantitative estimate of drug-likeness (QED) is 0.236. The molecule has 1 rings (SSSR count). The van der Waals surface area contributed by atoms with Gasteiger partial charge < -0.3 is 0 Å². The van der Waals surface area contributed by atoms with Crippen LogP contribution in [-0.4, -0.2) is 0 Å². The topological polar surface area (TPSA) is 324 Å². The predicted molar refractivity (Wildman–Crippen MR) is 59.3 cm³/mol. The number of allylic oxidation sites excluding steroid dienone is 4. The zero-order valence-electron chi connectivity index (χ0n) is 15.4. The Morgan fingerprint density at radius 3 is 0.833 bits per heavy atom. The van der Waals surface area contributed by atoms with E-state index >= 15 is 0 Å². The maximum atomic E-state index is 8.49. The molecule has 0 amide bonds. The molecule has 0 spiro atoms. The van der Waals surface area contributed by atoms with Gasteiger partial charge in [-0.15, -0.1) is 30.7 Å². The average Bonchev–Trinajstić information content (AvgIpc) is 2.32. The van der Waals surface area contributed by atoms with E-state index < -0.39 is 30.7 Å². The zero-order valence-corrected chi connectivity index (χ0v) is 19.3. The van der Waals surface area contributed by atoms with Crippen molar-refractivity contribution in [1.29, 1.82) is 10.5 Å². The molecule has 0 radical (unpaired) electrons.